The van der Waals surface area contributed by atoms with Crippen molar-refractivity contribution in [3.05, 3.63) is 331 Å². The number of aromatic nitrogens is 9. The zero-order chi connectivity index (χ0) is 91.7. The van der Waals surface area contributed by atoms with Crippen LogP contribution in [0.3, 0.4) is 0 Å². The quantitative estimate of drug-likeness (QED) is 0.0632. The maximum atomic E-state index is 15.5. The first-order valence-corrected chi connectivity index (χ1v) is 41.5. The molecular weight excluding hydrogens is 1980 g/mol. The Hall–Kier alpha value is -13.1. The molecule has 8 aromatic carbocycles. The summed E-state index contributed by atoms with van der Waals surface area (Å²) in [5.41, 5.74) is -5.88. The first-order valence-electron chi connectivity index (χ1n) is 38.2. The molecule has 2 amide bonds. The summed E-state index contributed by atoms with van der Waals surface area (Å²) in [6.07, 6.45) is -1.35. The van der Waals surface area contributed by atoms with Crippen molar-refractivity contribution in [2.45, 2.75) is 86.6 Å². The smallest absolute Gasteiger partial charge is 0.412 e. The molecule has 6 aromatic heterocycles. The van der Waals surface area contributed by atoms with E-state index in [1.54, 1.807) is 159 Å². The summed E-state index contributed by atoms with van der Waals surface area (Å²) in [6.45, 7) is 15.0. The number of carbonyl (C=O) groups excluding carboxylic acids is 2. The lowest BCUT2D eigenvalue weighted by Crippen LogP contribution is -2.42. The van der Waals surface area contributed by atoms with Crippen molar-refractivity contribution < 1.29 is 60.3 Å². The molecule has 0 aliphatic carbocycles. The second-order valence-electron chi connectivity index (χ2n) is 30.6. The van der Waals surface area contributed by atoms with Gasteiger partial charge in [-0.15, -0.1) is 0 Å². The summed E-state index contributed by atoms with van der Waals surface area (Å²) in [5.74, 6) is -1.50. The molecule has 0 aliphatic rings. The van der Waals surface area contributed by atoms with Crippen LogP contribution in [0, 0.1) is 54.8 Å². The van der Waals surface area contributed by atoms with Gasteiger partial charge in [0.1, 0.15) is 114 Å². The number of nitrogens with one attached hydrogen (secondary N) is 2. The number of rotatable bonds is 17. The molecule has 36 heteroatoms. The van der Waals surface area contributed by atoms with E-state index in [1.807, 2.05) is 67.8 Å². The molecule has 0 saturated heterocycles. The number of hydrogen-bond donors (Lipinski definition) is 2. The number of ether oxygens (including phenoxy) is 7. The molecule has 0 radical (unpaired) electrons. The lowest BCUT2D eigenvalue weighted by Gasteiger charge is -2.21. The maximum Gasteiger partial charge on any atom is 0.412 e. The van der Waals surface area contributed by atoms with Crippen LogP contribution in [0.25, 0.3) is 50.2 Å². The van der Waals surface area contributed by atoms with E-state index in [0.717, 1.165) is 59.3 Å². The predicted octanol–water partition coefficient (Wildman–Crippen LogP) is 15.6. The van der Waals surface area contributed by atoms with E-state index >= 15 is 13.2 Å². The van der Waals surface area contributed by atoms with E-state index in [0.29, 0.717) is 55.8 Å². The van der Waals surface area contributed by atoms with E-state index in [2.05, 4.69) is 10.6 Å². The molecule has 126 heavy (non-hydrogen) atoms. The lowest BCUT2D eigenvalue weighted by molar-refractivity contribution is 0.0624. The number of fused-ring (bicyclic) bond motifs is 3. The second kappa shape index (κ2) is 37.4. The number of methoxy groups -OCH3 is 2. The Bertz CT molecular complexity index is 7350. The van der Waals surface area contributed by atoms with Gasteiger partial charge in [0, 0.05) is 73.8 Å². The number of pyridine rings is 3. The molecule has 0 atom stereocenters. The van der Waals surface area contributed by atoms with Gasteiger partial charge in [0.25, 0.3) is 33.4 Å². The number of amides is 2. The molecule has 0 aliphatic heterocycles. The van der Waals surface area contributed by atoms with Gasteiger partial charge < -0.3 is 33.2 Å². The zero-order valence-corrected chi connectivity index (χ0v) is 76.6. The first-order chi connectivity index (χ1) is 59.5. The molecule has 29 nitrogen and oxygen atoms in total. The van der Waals surface area contributed by atoms with Crippen molar-refractivity contribution >= 4 is 124 Å². The molecule has 652 valence electrons. The minimum atomic E-state index is -0.859. The average molecular weight is 2060 g/mol. The highest BCUT2D eigenvalue weighted by atomic mass is 127. The van der Waals surface area contributed by atoms with Gasteiger partial charge in [-0.2, -0.15) is 0 Å². The number of aryl methyl sites for hydroxylation is 3. The Kier molecular flexibility index (Phi) is 27.3. The van der Waals surface area contributed by atoms with Gasteiger partial charge in [0.05, 0.1) is 55.7 Å². The zero-order valence-electron chi connectivity index (χ0n) is 70.2. The molecule has 14 aromatic rings. The van der Waals surface area contributed by atoms with Gasteiger partial charge in [-0.3, -0.25) is 66.8 Å². The summed E-state index contributed by atoms with van der Waals surface area (Å²) in [5, 5.41) is 4.94. The van der Waals surface area contributed by atoms with Crippen LogP contribution < -0.4 is 84.7 Å². The SMILES string of the molecule is COc1ccc(Cn2c(=O)c3c(Oc4cccc(F)c4C)cc(=O)n(C)c3n(-c3ccc(I)cc3F)c2=O)cc1.COc1ccc(Cn2c(=O)c3c(Oc4cccc(NC(=O)OC(C)(C)C)c4C)cc(=O)n(C)c3n(-c3ccc(I)cc3F)c2=O)cc1.Cc1c(NC(=O)OC(C)(C)C)cccc1Oc1cc(=O)n(C)c2c1c(=O)n(C)c(=O)n2-c1ccc(I)cc1F. The van der Waals surface area contributed by atoms with Crippen molar-refractivity contribution in [3.63, 3.8) is 0 Å². The third-order valence-electron chi connectivity index (χ3n) is 19.7. The van der Waals surface area contributed by atoms with Crippen LogP contribution in [0.5, 0.6) is 46.0 Å². The lowest BCUT2D eigenvalue weighted by atomic mass is 10.1. The summed E-state index contributed by atoms with van der Waals surface area (Å²) in [7, 11) is 8.44. The Morgan fingerprint density at radius 2 is 0.675 bits per heavy atom. The fourth-order valence-corrected chi connectivity index (χ4v) is 14.7. The Morgan fingerprint density at radius 3 is 0.992 bits per heavy atom. The topological polar surface area (TPSA) is 321 Å². The van der Waals surface area contributed by atoms with Gasteiger partial charge in [-0.05, 0) is 256 Å². The number of anilines is 2. The minimum Gasteiger partial charge on any atom is -0.497 e. The van der Waals surface area contributed by atoms with Crippen LogP contribution in [-0.4, -0.2) is 78.7 Å². The van der Waals surface area contributed by atoms with Crippen LogP contribution in [-0.2, 0) is 50.8 Å². The van der Waals surface area contributed by atoms with Gasteiger partial charge in [-0.1, -0.05) is 42.5 Å². The molecule has 0 fully saturated rings. The largest absolute Gasteiger partial charge is 0.497 e. The number of benzene rings is 8. The Labute approximate surface area is 754 Å². The highest BCUT2D eigenvalue weighted by Crippen LogP contribution is 2.37. The fourth-order valence-electron chi connectivity index (χ4n) is 13.3. The summed E-state index contributed by atoms with van der Waals surface area (Å²) >= 11 is 5.82. The molecule has 0 spiro atoms. The van der Waals surface area contributed by atoms with Crippen LogP contribution in [0.15, 0.2) is 219 Å². The van der Waals surface area contributed by atoms with Crippen LogP contribution in [0.1, 0.15) is 69.4 Å². The number of halogens is 7. The fraction of sp³-hybridized carbons (Fsp3) is 0.211. The summed E-state index contributed by atoms with van der Waals surface area (Å²) in [6, 6.07) is 43.5. The second-order valence-corrected chi connectivity index (χ2v) is 34.3. The minimum absolute atomic E-state index is 0.0776. The van der Waals surface area contributed by atoms with Crippen LogP contribution in [0.4, 0.5) is 38.5 Å². The molecule has 6 heterocycles. The Balaban J connectivity index is 0.000000173. The van der Waals surface area contributed by atoms with Gasteiger partial charge in [0.15, 0.2) is 0 Å². The average Bonchev–Trinajstić information content (AvgIpc) is 0.735. The predicted molar refractivity (Wildman–Crippen MR) is 494 cm³/mol. The van der Waals surface area contributed by atoms with Crippen molar-refractivity contribution in [3.8, 4) is 63.1 Å². The van der Waals surface area contributed by atoms with E-state index in [9.17, 15) is 57.1 Å². The van der Waals surface area contributed by atoms with Crippen molar-refractivity contribution in [2.24, 2.45) is 28.2 Å². The van der Waals surface area contributed by atoms with E-state index in [-0.39, 0.29) is 103 Å². The maximum absolute atomic E-state index is 15.5. The number of nitrogens with zero attached hydrogens (tertiary/aromatic N) is 9. The van der Waals surface area contributed by atoms with E-state index in [4.69, 9.17) is 33.2 Å². The molecular formula is C90H80F4I3N11O18. The summed E-state index contributed by atoms with van der Waals surface area (Å²) < 4.78 is 110. The van der Waals surface area contributed by atoms with Crippen LogP contribution in [0.2, 0.25) is 0 Å². The standard InChI is InChI=1S/C34H32FIN4O7.C29H22F2IN3O5.C27H26FIN4O6/c1-19-24(37-32(43)47-34(2,3)4)8-7-9-26(19)46-27-17-28(41)38(5)30-29(27)31(42)39(18-20-10-13-22(45-6)14-11-20)33(44)40(30)25-15-12-21(36)16-23(25)35;1-16-20(30)5-4-6-23(16)40-24-14-25(36)33(2)27-26(24)28(37)34(15-17-7-10-19(39-3)11-8-17)29(38)35(27)22-12-9-18(32)13-21(22)31;1-14-17(30-25(36)39-27(2,3)4)8-7-9-19(14)38-20-13-21(34)31(5)23-22(20)24(35)32(6)26(37)33(23)18-11-10-15(29)12-16(18)28/h7-17H,18H2,1-6H3,(H,37,43);4-14H,15H2,1-3H3;7-13H,1-6H3,(H,30,36). The number of hydrogen-bond acceptors (Lipinski definition) is 18. The number of carbonyl (C=O) groups is 2. The molecule has 2 N–H and O–H groups in total. The normalized spacial score (nSPS) is 11.3. The van der Waals surface area contributed by atoms with Crippen molar-refractivity contribution in [1.29, 1.82) is 0 Å². The van der Waals surface area contributed by atoms with Gasteiger partial charge in [-0.25, -0.2) is 55.2 Å². The van der Waals surface area contributed by atoms with Crippen molar-refractivity contribution in [2.75, 3.05) is 24.9 Å². The third-order valence-corrected chi connectivity index (χ3v) is 21.7. The molecule has 0 unspecified atom stereocenters. The van der Waals surface area contributed by atoms with Gasteiger partial charge in [0.2, 0.25) is 0 Å². The van der Waals surface area contributed by atoms with E-state index in [1.165, 1.54) is 104 Å². The summed E-state index contributed by atoms with van der Waals surface area (Å²) in [4.78, 5) is 147. The highest BCUT2D eigenvalue weighted by Gasteiger charge is 2.30. The molecule has 0 bridgehead atoms. The first kappa shape index (κ1) is 92.1. The molecule has 14 rings (SSSR count). The Morgan fingerprint density at radius 1 is 0.365 bits per heavy atom. The third kappa shape index (κ3) is 19.5. The van der Waals surface area contributed by atoms with Gasteiger partial charge >= 0.3 is 29.3 Å². The molecule has 0 saturated carbocycles. The van der Waals surface area contributed by atoms with Crippen LogP contribution >= 0.6 is 67.8 Å². The monoisotopic (exact) mass is 2060 g/mol. The highest BCUT2D eigenvalue weighted by molar-refractivity contribution is 14.1. The van der Waals surface area contributed by atoms with Crippen molar-refractivity contribution in [1.82, 2.24) is 41.1 Å². The van der Waals surface area contributed by atoms with E-state index < -0.39 is 97.1 Å².